The first-order valence-electron chi connectivity index (χ1n) is 7.09. The Morgan fingerprint density at radius 1 is 1.36 bits per heavy atom. The van der Waals surface area contributed by atoms with Crippen LogP contribution in [0, 0.1) is 0 Å². The third-order valence-electron chi connectivity index (χ3n) is 2.68. The molecule has 0 radical (unpaired) electrons. The van der Waals surface area contributed by atoms with Crippen LogP contribution in [0.2, 0.25) is 0 Å². The first-order valence-corrected chi connectivity index (χ1v) is 9.15. The van der Waals surface area contributed by atoms with Crippen LogP contribution in [0.25, 0.3) is 0 Å². The van der Waals surface area contributed by atoms with Gasteiger partial charge in [-0.15, -0.1) is 24.0 Å². The summed E-state index contributed by atoms with van der Waals surface area (Å²) in [7, 11) is -1.31. The average Bonchev–Trinajstić information content (AvgIpc) is 2.39. The summed E-state index contributed by atoms with van der Waals surface area (Å²) in [6.07, 6.45) is 2.75. The maximum absolute atomic E-state index is 11.2. The Balaban J connectivity index is 0. The molecule has 0 aliphatic rings. The number of nitrogens with zero attached hydrogens (tertiary/aromatic N) is 1. The van der Waals surface area contributed by atoms with Crippen molar-refractivity contribution in [3.63, 3.8) is 0 Å². The molecule has 0 fully saturated rings. The second kappa shape index (κ2) is 12.9. The molecule has 7 nitrogen and oxygen atoms in total. The van der Waals surface area contributed by atoms with E-state index in [4.69, 9.17) is 4.74 Å². The van der Waals surface area contributed by atoms with E-state index in [-0.39, 0.29) is 41.7 Å². The summed E-state index contributed by atoms with van der Waals surface area (Å²) in [5, 5.41) is 6.19. The zero-order valence-electron chi connectivity index (χ0n) is 13.7. The summed E-state index contributed by atoms with van der Waals surface area (Å²) in [4.78, 5) is 15.2. The van der Waals surface area contributed by atoms with E-state index in [0.29, 0.717) is 38.4 Å². The number of carbonyl (C=O) groups is 1. The number of esters is 1. The molecule has 1 unspecified atom stereocenters. The number of ether oxygens (including phenoxy) is 1. The van der Waals surface area contributed by atoms with Gasteiger partial charge < -0.3 is 15.4 Å². The van der Waals surface area contributed by atoms with Gasteiger partial charge in [-0.3, -0.25) is 9.79 Å². The minimum atomic E-state index is -2.95. The van der Waals surface area contributed by atoms with Crippen molar-refractivity contribution in [2.45, 2.75) is 39.2 Å². The fourth-order valence-electron chi connectivity index (χ4n) is 1.56. The zero-order chi connectivity index (χ0) is 16.3. The van der Waals surface area contributed by atoms with Crippen molar-refractivity contribution in [3.8, 4) is 0 Å². The van der Waals surface area contributed by atoms with Crippen molar-refractivity contribution in [3.05, 3.63) is 0 Å². The van der Waals surface area contributed by atoms with E-state index in [2.05, 4.69) is 15.6 Å². The number of halogens is 1. The molecular weight excluding hydrogens is 421 g/mol. The molecule has 0 aliphatic carbocycles. The number of hydrogen-bond donors (Lipinski definition) is 2. The van der Waals surface area contributed by atoms with Crippen LogP contribution in [0.5, 0.6) is 0 Å². The number of rotatable bonds is 9. The predicted octanol–water partition coefficient (Wildman–Crippen LogP) is 0.936. The molecule has 0 bridgehead atoms. The Morgan fingerprint density at radius 2 is 2.00 bits per heavy atom. The largest absolute Gasteiger partial charge is 0.466 e. The molecule has 0 spiro atoms. The molecule has 0 rings (SSSR count). The summed E-state index contributed by atoms with van der Waals surface area (Å²) in [5.74, 6) is 0.532. The number of aliphatic imine (C=N–C) groups is 1. The first kappa shape index (κ1) is 23.7. The minimum absolute atomic E-state index is 0. The molecule has 0 saturated heterocycles. The van der Waals surface area contributed by atoms with Crippen LogP contribution in [0.1, 0.15) is 33.1 Å². The van der Waals surface area contributed by atoms with Crippen LogP contribution in [-0.2, 0) is 19.4 Å². The number of hydrogen-bond acceptors (Lipinski definition) is 5. The van der Waals surface area contributed by atoms with Crippen molar-refractivity contribution in [2.24, 2.45) is 4.99 Å². The Morgan fingerprint density at radius 3 is 2.50 bits per heavy atom. The molecule has 0 aromatic rings. The van der Waals surface area contributed by atoms with Gasteiger partial charge in [0.05, 0.1) is 12.4 Å². The van der Waals surface area contributed by atoms with E-state index < -0.39 is 9.84 Å². The summed E-state index contributed by atoms with van der Waals surface area (Å²) >= 11 is 0. The van der Waals surface area contributed by atoms with Crippen LogP contribution in [0.3, 0.4) is 0 Å². The van der Waals surface area contributed by atoms with Gasteiger partial charge in [0.1, 0.15) is 9.84 Å². The fourth-order valence-corrected chi connectivity index (χ4v) is 2.35. The second-order valence-corrected chi connectivity index (χ2v) is 7.13. The highest BCUT2D eigenvalue weighted by Gasteiger charge is 2.09. The lowest BCUT2D eigenvalue weighted by atomic mass is 10.2. The molecular formula is C13H28IN3O4S. The molecule has 0 aliphatic heterocycles. The Kier molecular flexibility index (Phi) is 13.9. The quantitative estimate of drug-likeness (QED) is 0.179. The van der Waals surface area contributed by atoms with Gasteiger partial charge in [0.25, 0.3) is 0 Å². The third kappa shape index (κ3) is 14.4. The molecule has 1 atom stereocenters. The van der Waals surface area contributed by atoms with Crippen LogP contribution in [0.15, 0.2) is 4.99 Å². The monoisotopic (exact) mass is 449 g/mol. The molecule has 132 valence electrons. The normalized spacial score (nSPS) is 13.0. The van der Waals surface area contributed by atoms with E-state index >= 15 is 0 Å². The van der Waals surface area contributed by atoms with Gasteiger partial charge in [0.15, 0.2) is 5.96 Å². The minimum Gasteiger partial charge on any atom is -0.466 e. The third-order valence-corrected chi connectivity index (χ3v) is 3.66. The molecule has 2 N–H and O–H groups in total. The van der Waals surface area contributed by atoms with Crippen molar-refractivity contribution < 1.29 is 17.9 Å². The number of carbonyl (C=O) groups excluding carboxylic acids is 1. The summed E-state index contributed by atoms with van der Waals surface area (Å²) in [5.41, 5.74) is 0. The molecule has 0 amide bonds. The van der Waals surface area contributed by atoms with E-state index in [1.165, 1.54) is 6.26 Å². The summed E-state index contributed by atoms with van der Waals surface area (Å²) in [6.45, 7) is 4.67. The van der Waals surface area contributed by atoms with Crippen molar-refractivity contribution in [1.82, 2.24) is 10.6 Å². The zero-order valence-corrected chi connectivity index (χ0v) is 16.9. The summed E-state index contributed by atoms with van der Waals surface area (Å²) < 4.78 is 27.0. The fraction of sp³-hybridized carbons (Fsp3) is 0.846. The van der Waals surface area contributed by atoms with Gasteiger partial charge in [-0.2, -0.15) is 0 Å². The van der Waals surface area contributed by atoms with Crippen molar-refractivity contribution in [1.29, 1.82) is 0 Å². The van der Waals surface area contributed by atoms with Crippen molar-refractivity contribution in [2.75, 3.05) is 32.2 Å². The highest BCUT2D eigenvalue weighted by atomic mass is 127. The van der Waals surface area contributed by atoms with Crippen LogP contribution in [-0.4, -0.2) is 58.6 Å². The lowest BCUT2D eigenvalue weighted by Gasteiger charge is -2.17. The van der Waals surface area contributed by atoms with E-state index in [9.17, 15) is 13.2 Å². The lowest BCUT2D eigenvalue weighted by Crippen LogP contribution is -2.43. The number of nitrogens with one attached hydrogen (secondary N) is 2. The Bertz CT molecular complexity index is 441. The Hall–Kier alpha value is -0.580. The van der Waals surface area contributed by atoms with Crippen molar-refractivity contribution >= 4 is 45.7 Å². The van der Waals surface area contributed by atoms with Gasteiger partial charge in [-0.05, 0) is 26.7 Å². The maximum atomic E-state index is 11.2. The van der Waals surface area contributed by atoms with Gasteiger partial charge in [-0.25, -0.2) is 8.42 Å². The lowest BCUT2D eigenvalue weighted by molar-refractivity contribution is -0.143. The molecule has 22 heavy (non-hydrogen) atoms. The van der Waals surface area contributed by atoms with Gasteiger partial charge in [0, 0.05) is 32.3 Å². The molecule has 9 heteroatoms. The number of guanidine groups is 1. The van der Waals surface area contributed by atoms with Gasteiger partial charge in [0.2, 0.25) is 0 Å². The summed E-state index contributed by atoms with van der Waals surface area (Å²) in [6, 6.07) is -0.00372. The van der Waals surface area contributed by atoms with E-state index in [1.807, 2.05) is 6.92 Å². The second-order valence-electron chi connectivity index (χ2n) is 4.87. The molecule has 0 heterocycles. The highest BCUT2D eigenvalue weighted by Crippen LogP contribution is 1.96. The smallest absolute Gasteiger partial charge is 0.305 e. The molecule has 0 aromatic heterocycles. The van der Waals surface area contributed by atoms with Crippen LogP contribution < -0.4 is 10.6 Å². The van der Waals surface area contributed by atoms with Gasteiger partial charge in [-0.1, -0.05) is 0 Å². The Labute approximate surface area is 150 Å². The SMILES string of the molecule is CCOC(=O)CCCNC(=NC)NC(C)CCS(C)(=O)=O.I. The van der Waals surface area contributed by atoms with E-state index in [1.54, 1.807) is 14.0 Å². The van der Waals surface area contributed by atoms with Crippen LogP contribution >= 0.6 is 24.0 Å². The maximum Gasteiger partial charge on any atom is 0.305 e. The molecule has 0 aromatic carbocycles. The van der Waals surface area contributed by atoms with Gasteiger partial charge >= 0.3 is 5.97 Å². The standard InChI is InChI=1S/C13H27N3O4S.HI/c1-5-20-12(17)7-6-9-15-13(14-3)16-11(2)8-10-21(4,18)19;/h11H,5-10H2,1-4H3,(H2,14,15,16);1H. The predicted molar refractivity (Wildman–Crippen MR) is 99.6 cm³/mol. The first-order chi connectivity index (χ1) is 9.78. The highest BCUT2D eigenvalue weighted by molar-refractivity contribution is 14.0. The average molecular weight is 449 g/mol. The van der Waals surface area contributed by atoms with E-state index in [0.717, 1.165) is 0 Å². The topological polar surface area (TPSA) is 96.9 Å². The molecule has 0 saturated carbocycles. The number of sulfone groups is 1. The van der Waals surface area contributed by atoms with Crippen LogP contribution in [0.4, 0.5) is 0 Å².